The molecule has 0 unspecified atom stereocenters. The number of carbonyl (C=O) groups is 1. The molecule has 124 valence electrons. The normalized spacial score (nSPS) is 19.0. The van der Waals surface area contributed by atoms with Crippen molar-refractivity contribution in [2.24, 2.45) is 5.92 Å². The van der Waals surface area contributed by atoms with Gasteiger partial charge >= 0.3 is 6.09 Å². The Hall–Kier alpha value is -0.850. The Balaban J connectivity index is 1.77. The van der Waals surface area contributed by atoms with Crippen LogP contribution in [0.2, 0.25) is 4.47 Å². The quantitative estimate of drug-likeness (QED) is 0.838. The molecule has 0 spiro atoms. The summed E-state index contributed by atoms with van der Waals surface area (Å²) in [4.78, 5) is 21.3. The van der Waals surface area contributed by atoms with E-state index in [0.29, 0.717) is 10.4 Å². The molecule has 0 aromatic carbocycles. The van der Waals surface area contributed by atoms with Crippen LogP contribution in [0.25, 0.3) is 0 Å². The maximum absolute atomic E-state index is 12.1. The fraction of sp³-hybridized carbons (Fsp3) is 0.733. The van der Waals surface area contributed by atoms with Gasteiger partial charge in [-0.25, -0.2) is 9.78 Å². The third-order valence-electron chi connectivity index (χ3n) is 3.46. The molecule has 2 rings (SSSR count). The standard InChI is InChI=1S/C15H24ClN3O2S/c1-15(2,3)21-14(20)19-6-5-11(9-19)8-18(4)10-12-7-17-13(16)22-12/h7,11H,5-6,8-10H2,1-4H3/t11-/m1/s1. The molecule has 0 bridgehead atoms. The third kappa shape index (κ3) is 5.41. The molecule has 22 heavy (non-hydrogen) atoms. The first-order valence-electron chi connectivity index (χ1n) is 7.49. The first-order valence-corrected chi connectivity index (χ1v) is 8.69. The lowest BCUT2D eigenvalue weighted by Crippen LogP contribution is -2.36. The van der Waals surface area contributed by atoms with E-state index in [-0.39, 0.29) is 6.09 Å². The lowest BCUT2D eigenvalue weighted by atomic mass is 10.1. The highest BCUT2D eigenvalue weighted by Gasteiger charge is 2.30. The second-order valence-electron chi connectivity index (χ2n) is 6.86. The molecule has 1 atom stereocenters. The van der Waals surface area contributed by atoms with Crippen LogP contribution in [0.1, 0.15) is 32.1 Å². The largest absolute Gasteiger partial charge is 0.444 e. The van der Waals surface area contributed by atoms with E-state index in [1.54, 1.807) is 0 Å². The molecular weight excluding hydrogens is 322 g/mol. The van der Waals surface area contributed by atoms with Crippen molar-refractivity contribution in [1.82, 2.24) is 14.8 Å². The van der Waals surface area contributed by atoms with E-state index in [4.69, 9.17) is 16.3 Å². The molecule has 0 aliphatic carbocycles. The molecular formula is C15H24ClN3O2S. The molecule has 0 radical (unpaired) electrons. The second kappa shape index (κ2) is 7.15. The van der Waals surface area contributed by atoms with Crippen LogP contribution < -0.4 is 0 Å². The summed E-state index contributed by atoms with van der Waals surface area (Å²) in [6, 6.07) is 0. The van der Waals surface area contributed by atoms with Crippen molar-refractivity contribution < 1.29 is 9.53 Å². The summed E-state index contributed by atoms with van der Waals surface area (Å²) in [7, 11) is 2.09. The Morgan fingerprint density at radius 3 is 2.91 bits per heavy atom. The number of likely N-dealkylation sites (tertiary alicyclic amines) is 1. The lowest BCUT2D eigenvalue weighted by molar-refractivity contribution is 0.0285. The number of ether oxygens (including phenoxy) is 1. The van der Waals surface area contributed by atoms with Crippen LogP contribution in [0.4, 0.5) is 4.79 Å². The second-order valence-corrected chi connectivity index (χ2v) is 8.55. The fourth-order valence-electron chi connectivity index (χ4n) is 2.60. The minimum atomic E-state index is -0.433. The number of rotatable bonds is 4. The molecule has 0 saturated carbocycles. The van der Waals surface area contributed by atoms with Crippen LogP contribution in [-0.2, 0) is 11.3 Å². The van der Waals surface area contributed by atoms with Crippen molar-refractivity contribution in [3.8, 4) is 0 Å². The van der Waals surface area contributed by atoms with Gasteiger partial charge in [0.2, 0.25) is 0 Å². The Morgan fingerprint density at radius 1 is 1.59 bits per heavy atom. The van der Waals surface area contributed by atoms with Gasteiger partial charge in [-0.05, 0) is 40.2 Å². The van der Waals surface area contributed by atoms with Gasteiger partial charge in [-0.2, -0.15) is 0 Å². The number of hydrogen-bond donors (Lipinski definition) is 0. The molecule has 2 heterocycles. The van der Waals surface area contributed by atoms with Crippen molar-refractivity contribution in [2.75, 3.05) is 26.7 Å². The minimum absolute atomic E-state index is 0.202. The number of halogens is 1. The minimum Gasteiger partial charge on any atom is -0.444 e. The summed E-state index contributed by atoms with van der Waals surface area (Å²) >= 11 is 7.37. The predicted molar refractivity (Wildman–Crippen MR) is 89.4 cm³/mol. The molecule has 1 saturated heterocycles. The topological polar surface area (TPSA) is 45.7 Å². The van der Waals surface area contributed by atoms with Gasteiger partial charge in [-0.15, -0.1) is 11.3 Å². The van der Waals surface area contributed by atoms with E-state index >= 15 is 0 Å². The summed E-state index contributed by atoms with van der Waals surface area (Å²) in [6.45, 7) is 9.02. The van der Waals surface area contributed by atoms with Gasteiger partial charge in [-0.3, -0.25) is 0 Å². The zero-order valence-corrected chi connectivity index (χ0v) is 15.2. The zero-order chi connectivity index (χ0) is 16.3. The van der Waals surface area contributed by atoms with E-state index in [9.17, 15) is 4.79 Å². The number of amides is 1. The van der Waals surface area contributed by atoms with Crippen LogP contribution >= 0.6 is 22.9 Å². The summed E-state index contributed by atoms with van der Waals surface area (Å²) in [5, 5.41) is 0. The molecule has 1 fully saturated rings. The molecule has 1 amide bonds. The molecule has 1 aliphatic heterocycles. The molecule has 1 aliphatic rings. The molecule has 7 heteroatoms. The number of nitrogens with zero attached hydrogens (tertiary/aromatic N) is 3. The highest BCUT2D eigenvalue weighted by Crippen LogP contribution is 2.22. The van der Waals surface area contributed by atoms with E-state index in [1.165, 1.54) is 11.3 Å². The Morgan fingerprint density at radius 2 is 2.32 bits per heavy atom. The lowest BCUT2D eigenvalue weighted by Gasteiger charge is -2.25. The van der Waals surface area contributed by atoms with Crippen LogP contribution in [0.3, 0.4) is 0 Å². The zero-order valence-electron chi connectivity index (χ0n) is 13.6. The van der Waals surface area contributed by atoms with Gasteiger partial charge in [0.15, 0.2) is 4.47 Å². The molecule has 0 N–H and O–H groups in total. The van der Waals surface area contributed by atoms with Gasteiger partial charge in [0.1, 0.15) is 5.60 Å². The number of carbonyl (C=O) groups excluding carboxylic acids is 1. The third-order valence-corrected chi connectivity index (χ3v) is 4.56. The van der Waals surface area contributed by atoms with Gasteiger partial charge < -0.3 is 14.5 Å². The number of aromatic nitrogens is 1. The number of thiazole rings is 1. The van der Waals surface area contributed by atoms with E-state index < -0.39 is 5.60 Å². The molecule has 1 aromatic heterocycles. The summed E-state index contributed by atoms with van der Waals surface area (Å²) < 4.78 is 6.01. The van der Waals surface area contributed by atoms with Gasteiger partial charge in [0.05, 0.1) is 0 Å². The average Bonchev–Trinajstić information content (AvgIpc) is 2.96. The van der Waals surface area contributed by atoms with Crippen molar-refractivity contribution in [3.63, 3.8) is 0 Å². The SMILES string of the molecule is CN(Cc1cnc(Cl)s1)C[C@H]1CCN(C(=O)OC(C)(C)C)C1. The van der Waals surface area contributed by atoms with Crippen molar-refractivity contribution >= 4 is 29.0 Å². The highest BCUT2D eigenvalue weighted by molar-refractivity contribution is 7.15. The van der Waals surface area contributed by atoms with Gasteiger partial charge in [-0.1, -0.05) is 11.6 Å². The predicted octanol–water partition coefficient (Wildman–Crippen LogP) is 3.49. The maximum atomic E-state index is 12.1. The van der Waals surface area contributed by atoms with E-state index in [2.05, 4.69) is 16.9 Å². The van der Waals surface area contributed by atoms with Crippen molar-refractivity contribution in [1.29, 1.82) is 0 Å². The van der Waals surface area contributed by atoms with Crippen LogP contribution in [0.5, 0.6) is 0 Å². The van der Waals surface area contributed by atoms with Gasteiger partial charge in [0, 0.05) is 37.3 Å². The Bertz CT molecular complexity index is 515. The van der Waals surface area contributed by atoms with Crippen LogP contribution in [0, 0.1) is 5.92 Å². The molecule has 1 aromatic rings. The fourth-order valence-corrected chi connectivity index (χ4v) is 3.66. The van der Waals surface area contributed by atoms with Crippen molar-refractivity contribution in [3.05, 3.63) is 15.5 Å². The summed E-state index contributed by atoms with van der Waals surface area (Å²) in [5.41, 5.74) is -0.433. The number of hydrogen-bond acceptors (Lipinski definition) is 5. The van der Waals surface area contributed by atoms with Gasteiger partial charge in [0.25, 0.3) is 0 Å². The average molecular weight is 346 g/mol. The van der Waals surface area contributed by atoms with Crippen LogP contribution in [-0.4, -0.2) is 53.2 Å². The Kier molecular flexibility index (Phi) is 5.69. The highest BCUT2D eigenvalue weighted by atomic mass is 35.5. The maximum Gasteiger partial charge on any atom is 0.410 e. The monoisotopic (exact) mass is 345 g/mol. The smallest absolute Gasteiger partial charge is 0.410 e. The summed E-state index contributed by atoms with van der Waals surface area (Å²) in [6.07, 6.45) is 2.64. The van der Waals surface area contributed by atoms with Crippen LogP contribution in [0.15, 0.2) is 6.20 Å². The van der Waals surface area contributed by atoms with E-state index in [0.717, 1.165) is 37.5 Å². The van der Waals surface area contributed by atoms with E-state index in [1.807, 2.05) is 31.9 Å². The first-order chi connectivity index (χ1) is 10.2. The molecule has 5 nitrogen and oxygen atoms in total. The first kappa shape index (κ1) is 17.5. The van der Waals surface area contributed by atoms with Crippen molar-refractivity contribution in [2.45, 2.75) is 39.3 Å². The Labute approximate surface area is 141 Å². The summed E-state index contributed by atoms with van der Waals surface area (Å²) in [5.74, 6) is 0.487.